The lowest BCUT2D eigenvalue weighted by atomic mass is 9.96. The number of halogens is 2. The maximum Gasteiger partial charge on any atom is 0.227 e. The molecule has 1 aromatic carbocycles. The lowest BCUT2D eigenvalue weighted by Crippen LogP contribution is -2.39. The maximum absolute atomic E-state index is 12.4. The second-order valence-corrected chi connectivity index (χ2v) is 6.27. The van der Waals surface area contributed by atoms with E-state index in [-0.39, 0.29) is 11.8 Å². The van der Waals surface area contributed by atoms with Crippen LogP contribution in [0.3, 0.4) is 0 Å². The number of carbonyl (C=O) groups excluding carboxylic acids is 1. The Hall–Kier alpha value is -1.85. The SMILES string of the molecule is O=C(Nc1cc(Cl)ccc1Cl)C1CCN(c2ncccn2)CC1. The molecule has 23 heavy (non-hydrogen) atoms. The summed E-state index contributed by atoms with van der Waals surface area (Å²) in [7, 11) is 0. The summed E-state index contributed by atoms with van der Waals surface area (Å²) in [6.07, 6.45) is 4.95. The van der Waals surface area contributed by atoms with Gasteiger partial charge in [-0.2, -0.15) is 0 Å². The summed E-state index contributed by atoms with van der Waals surface area (Å²) in [5, 5.41) is 3.90. The van der Waals surface area contributed by atoms with Crippen molar-refractivity contribution >= 4 is 40.7 Å². The van der Waals surface area contributed by atoms with Gasteiger partial charge in [-0.15, -0.1) is 0 Å². The minimum Gasteiger partial charge on any atom is -0.341 e. The third kappa shape index (κ3) is 3.92. The van der Waals surface area contributed by atoms with Crippen LogP contribution in [0.4, 0.5) is 11.6 Å². The van der Waals surface area contributed by atoms with Crippen LogP contribution in [0, 0.1) is 5.92 Å². The van der Waals surface area contributed by atoms with Crippen LogP contribution in [-0.2, 0) is 4.79 Å². The summed E-state index contributed by atoms with van der Waals surface area (Å²) >= 11 is 12.0. The zero-order valence-corrected chi connectivity index (χ0v) is 13.9. The summed E-state index contributed by atoms with van der Waals surface area (Å²) in [5.74, 6) is 0.636. The Kier molecular flexibility index (Phi) is 4.98. The van der Waals surface area contributed by atoms with Gasteiger partial charge in [0.15, 0.2) is 0 Å². The average Bonchev–Trinajstić information content (AvgIpc) is 2.59. The molecule has 1 aliphatic heterocycles. The highest BCUT2D eigenvalue weighted by atomic mass is 35.5. The van der Waals surface area contributed by atoms with Gasteiger partial charge in [-0.1, -0.05) is 23.2 Å². The first-order valence-corrected chi connectivity index (χ1v) is 8.17. The Labute approximate surface area is 144 Å². The Balaban J connectivity index is 1.59. The molecule has 1 aliphatic rings. The molecule has 0 bridgehead atoms. The Morgan fingerprint density at radius 1 is 1.17 bits per heavy atom. The molecule has 0 aliphatic carbocycles. The molecule has 0 spiro atoms. The van der Waals surface area contributed by atoms with Crippen molar-refractivity contribution in [3.63, 3.8) is 0 Å². The molecular formula is C16H16Cl2N4O. The summed E-state index contributed by atoms with van der Waals surface area (Å²) < 4.78 is 0. The summed E-state index contributed by atoms with van der Waals surface area (Å²) in [6, 6.07) is 6.82. The zero-order valence-electron chi connectivity index (χ0n) is 12.4. The van der Waals surface area contributed by atoms with E-state index in [1.54, 1.807) is 36.7 Å². The van der Waals surface area contributed by atoms with Gasteiger partial charge in [-0.25, -0.2) is 9.97 Å². The molecule has 1 amide bonds. The summed E-state index contributed by atoms with van der Waals surface area (Å²) in [6.45, 7) is 1.51. The molecule has 1 fully saturated rings. The molecule has 7 heteroatoms. The fourth-order valence-electron chi connectivity index (χ4n) is 2.62. The van der Waals surface area contributed by atoms with Gasteiger partial charge in [-0.05, 0) is 37.1 Å². The van der Waals surface area contributed by atoms with Gasteiger partial charge in [-0.3, -0.25) is 4.79 Å². The number of nitrogens with one attached hydrogen (secondary N) is 1. The van der Waals surface area contributed by atoms with E-state index in [2.05, 4.69) is 20.2 Å². The number of hydrogen-bond acceptors (Lipinski definition) is 4. The highest BCUT2D eigenvalue weighted by Gasteiger charge is 2.26. The molecule has 0 saturated carbocycles. The molecule has 0 radical (unpaired) electrons. The molecular weight excluding hydrogens is 335 g/mol. The van der Waals surface area contributed by atoms with Crippen molar-refractivity contribution in [3.05, 3.63) is 46.7 Å². The Morgan fingerprint density at radius 2 is 1.87 bits per heavy atom. The number of rotatable bonds is 3. The quantitative estimate of drug-likeness (QED) is 0.917. The fourth-order valence-corrected chi connectivity index (χ4v) is 2.96. The largest absolute Gasteiger partial charge is 0.341 e. The van der Waals surface area contributed by atoms with Crippen molar-refractivity contribution in [3.8, 4) is 0 Å². The number of hydrogen-bond donors (Lipinski definition) is 1. The molecule has 2 aromatic rings. The number of benzene rings is 1. The van der Waals surface area contributed by atoms with Gasteiger partial charge in [0, 0.05) is 36.4 Å². The Morgan fingerprint density at radius 3 is 2.57 bits per heavy atom. The van der Waals surface area contributed by atoms with Crippen molar-refractivity contribution in [2.75, 3.05) is 23.3 Å². The van der Waals surface area contributed by atoms with E-state index in [1.165, 1.54) is 0 Å². The van der Waals surface area contributed by atoms with Gasteiger partial charge in [0.25, 0.3) is 0 Å². The summed E-state index contributed by atoms with van der Waals surface area (Å²) in [5.41, 5.74) is 0.554. The van der Waals surface area contributed by atoms with Crippen LogP contribution in [0.25, 0.3) is 0 Å². The van der Waals surface area contributed by atoms with Crippen LogP contribution in [0.15, 0.2) is 36.7 Å². The average molecular weight is 351 g/mol. The first kappa shape index (κ1) is 16.0. The molecule has 120 valence electrons. The normalized spacial score (nSPS) is 15.5. The van der Waals surface area contributed by atoms with E-state index in [0.29, 0.717) is 21.7 Å². The standard InChI is InChI=1S/C16H16Cl2N4O/c17-12-2-3-13(18)14(10-12)21-15(23)11-4-8-22(9-5-11)16-19-6-1-7-20-16/h1-3,6-7,10-11H,4-5,8-9H2,(H,21,23). The van der Waals surface area contributed by atoms with Crippen LogP contribution in [0.1, 0.15) is 12.8 Å². The van der Waals surface area contributed by atoms with Crippen molar-refractivity contribution in [2.24, 2.45) is 5.92 Å². The van der Waals surface area contributed by atoms with Crippen LogP contribution < -0.4 is 10.2 Å². The third-order valence-electron chi connectivity index (χ3n) is 3.89. The molecule has 5 nitrogen and oxygen atoms in total. The van der Waals surface area contributed by atoms with Crippen molar-refractivity contribution in [1.82, 2.24) is 9.97 Å². The van der Waals surface area contributed by atoms with Crippen LogP contribution in [0.5, 0.6) is 0 Å². The Bertz CT molecular complexity index is 688. The first-order valence-electron chi connectivity index (χ1n) is 7.41. The molecule has 0 unspecified atom stereocenters. The highest BCUT2D eigenvalue weighted by molar-refractivity contribution is 6.35. The second-order valence-electron chi connectivity index (χ2n) is 5.42. The van der Waals surface area contributed by atoms with E-state index in [1.807, 2.05) is 0 Å². The zero-order chi connectivity index (χ0) is 16.2. The second kappa shape index (κ2) is 7.15. The van der Waals surface area contributed by atoms with Crippen molar-refractivity contribution < 1.29 is 4.79 Å². The topological polar surface area (TPSA) is 58.1 Å². The number of amides is 1. The number of anilines is 2. The molecule has 1 saturated heterocycles. The van der Waals surface area contributed by atoms with E-state index in [0.717, 1.165) is 25.9 Å². The summed E-state index contributed by atoms with van der Waals surface area (Å²) in [4.78, 5) is 23.0. The predicted molar refractivity (Wildman–Crippen MR) is 92.1 cm³/mol. The van der Waals surface area contributed by atoms with E-state index >= 15 is 0 Å². The first-order chi connectivity index (χ1) is 11.1. The monoisotopic (exact) mass is 350 g/mol. The molecule has 1 N–H and O–H groups in total. The number of carbonyl (C=O) groups is 1. The van der Waals surface area contributed by atoms with Crippen molar-refractivity contribution in [1.29, 1.82) is 0 Å². The van der Waals surface area contributed by atoms with Crippen molar-refractivity contribution in [2.45, 2.75) is 12.8 Å². The third-order valence-corrected chi connectivity index (χ3v) is 4.45. The van der Waals surface area contributed by atoms with Crippen LogP contribution in [-0.4, -0.2) is 29.0 Å². The minimum atomic E-state index is -0.0509. The smallest absolute Gasteiger partial charge is 0.227 e. The lowest BCUT2D eigenvalue weighted by Gasteiger charge is -2.31. The molecule has 0 atom stereocenters. The molecule has 3 rings (SSSR count). The number of piperidine rings is 1. The van der Waals surface area contributed by atoms with Gasteiger partial charge in [0.05, 0.1) is 10.7 Å². The minimum absolute atomic E-state index is 0.0252. The fraction of sp³-hybridized carbons (Fsp3) is 0.312. The van der Waals surface area contributed by atoms with E-state index in [9.17, 15) is 4.79 Å². The van der Waals surface area contributed by atoms with E-state index in [4.69, 9.17) is 23.2 Å². The van der Waals surface area contributed by atoms with Crippen LogP contribution >= 0.6 is 23.2 Å². The molecule has 2 heterocycles. The maximum atomic E-state index is 12.4. The number of aromatic nitrogens is 2. The lowest BCUT2D eigenvalue weighted by molar-refractivity contribution is -0.120. The predicted octanol–water partition coefficient (Wildman–Crippen LogP) is 3.64. The highest BCUT2D eigenvalue weighted by Crippen LogP contribution is 2.27. The van der Waals surface area contributed by atoms with Crippen LogP contribution in [0.2, 0.25) is 10.0 Å². The number of nitrogens with zero attached hydrogens (tertiary/aromatic N) is 3. The van der Waals surface area contributed by atoms with E-state index < -0.39 is 0 Å². The van der Waals surface area contributed by atoms with Gasteiger partial charge in [0.1, 0.15) is 0 Å². The van der Waals surface area contributed by atoms with Gasteiger partial charge >= 0.3 is 0 Å². The van der Waals surface area contributed by atoms with Gasteiger partial charge in [0.2, 0.25) is 11.9 Å². The molecule has 1 aromatic heterocycles. The van der Waals surface area contributed by atoms with Gasteiger partial charge < -0.3 is 10.2 Å².